The number of rotatable bonds is 5. The molecule has 1 aromatic heterocycles. The van der Waals surface area contributed by atoms with Gasteiger partial charge in [-0.1, -0.05) is 35.2 Å². The van der Waals surface area contributed by atoms with Gasteiger partial charge in [-0.2, -0.15) is 11.8 Å². The molecule has 1 aliphatic heterocycles. The predicted molar refractivity (Wildman–Crippen MR) is 101 cm³/mol. The van der Waals surface area contributed by atoms with Crippen LogP contribution in [0.1, 0.15) is 15.9 Å². The van der Waals surface area contributed by atoms with E-state index in [1.54, 1.807) is 30.0 Å². The molecule has 1 aliphatic rings. The number of amides is 2. The predicted octanol–water partition coefficient (Wildman–Crippen LogP) is 2.22. The van der Waals surface area contributed by atoms with Crippen molar-refractivity contribution >= 4 is 34.8 Å². The van der Waals surface area contributed by atoms with Crippen molar-refractivity contribution in [3.05, 3.63) is 59.7 Å². The molecule has 27 heavy (non-hydrogen) atoms. The number of hydrogen-bond acceptors (Lipinski definition) is 6. The Morgan fingerprint density at radius 2 is 2.00 bits per heavy atom. The first-order valence-corrected chi connectivity index (χ1v) is 9.77. The largest absolute Gasteiger partial charge is 0.455 e. The molecule has 0 saturated heterocycles. The monoisotopic (exact) mass is 383 g/mol. The summed E-state index contributed by atoms with van der Waals surface area (Å²) in [7, 11) is 0. The minimum Gasteiger partial charge on any atom is -0.296 e. The number of benzene rings is 2. The Kier molecular flexibility index (Phi) is 4.68. The maximum atomic E-state index is 12.9. The third kappa shape index (κ3) is 3.21. The normalized spacial score (nSPS) is 13.1. The fraction of sp³-hybridized carbons (Fsp3) is 0.222. The number of carbonyl (C=O) groups excluding carboxylic acids is 2. The van der Waals surface area contributed by atoms with Crippen molar-refractivity contribution in [2.24, 2.45) is 0 Å². The van der Waals surface area contributed by atoms with E-state index >= 15 is 0 Å². The lowest BCUT2D eigenvalue weighted by molar-refractivity contribution is -0.0135. The van der Waals surface area contributed by atoms with E-state index in [0.29, 0.717) is 35.4 Å². The number of para-hydroxylation sites is 1. The van der Waals surface area contributed by atoms with Crippen molar-refractivity contribution in [2.75, 3.05) is 18.6 Å². The second kappa shape index (κ2) is 7.28. The maximum Gasteiger partial charge on any atom is 0.455 e. The van der Waals surface area contributed by atoms with Gasteiger partial charge in [0.05, 0.1) is 13.1 Å². The van der Waals surface area contributed by atoms with Crippen molar-refractivity contribution in [2.45, 2.75) is 6.54 Å². The Balaban J connectivity index is 1.59. The number of aromatic nitrogens is 3. The molecule has 3 aromatic rings. The second-order valence-electron chi connectivity index (χ2n) is 5.94. The number of carbonyl (C=O) groups is 2. The fourth-order valence-corrected chi connectivity index (χ4v) is 3.31. The molecule has 0 fully saturated rings. The van der Waals surface area contributed by atoms with Gasteiger partial charge in [0.2, 0.25) is 0 Å². The molecular formula is C18H17N5O3S. The van der Waals surface area contributed by atoms with E-state index in [0.717, 1.165) is 10.4 Å². The van der Waals surface area contributed by atoms with Crippen LogP contribution in [0.4, 0.5) is 4.79 Å². The van der Waals surface area contributed by atoms with Gasteiger partial charge in [-0.15, -0.1) is 5.10 Å². The quantitative estimate of drug-likeness (QED) is 0.629. The standard InChI is InChI=1S/C18H17N5O3S/c1-27-11-10-21(22-12-13-6-2-3-7-14(13)17(22)24)18(25)26-23-16-9-5-4-8-15(16)19-20-23/h2-9H,10-12H2,1H3. The lowest BCUT2D eigenvalue weighted by Crippen LogP contribution is -2.50. The van der Waals surface area contributed by atoms with Gasteiger partial charge in [0.25, 0.3) is 5.91 Å². The molecule has 2 aromatic carbocycles. The molecule has 2 amide bonds. The Morgan fingerprint density at radius 3 is 2.81 bits per heavy atom. The minimum absolute atomic E-state index is 0.216. The zero-order valence-corrected chi connectivity index (χ0v) is 15.4. The van der Waals surface area contributed by atoms with Crippen LogP contribution in [0.2, 0.25) is 0 Å². The molecular weight excluding hydrogens is 366 g/mol. The Bertz CT molecular complexity index is 1010. The summed E-state index contributed by atoms with van der Waals surface area (Å²) in [5.41, 5.74) is 2.68. The fourth-order valence-electron chi connectivity index (χ4n) is 2.96. The molecule has 9 heteroatoms. The van der Waals surface area contributed by atoms with Crippen LogP contribution in [0.3, 0.4) is 0 Å². The van der Waals surface area contributed by atoms with Crippen LogP contribution in [-0.2, 0) is 6.54 Å². The third-order valence-electron chi connectivity index (χ3n) is 4.30. The van der Waals surface area contributed by atoms with E-state index in [4.69, 9.17) is 4.84 Å². The highest BCUT2D eigenvalue weighted by Crippen LogP contribution is 2.24. The number of nitrogens with zero attached hydrogens (tertiary/aromatic N) is 5. The maximum absolute atomic E-state index is 12.9. The van der Waals surface area contributed by atoms with Crippen LogP contribution < -0.4 is 4.84 Å². The molecule has 0 radical (unpaired) electrons. The minimum atomic E-state index is -0.680. The third-order valence-corrected chi connectivity index (χ3v) is 4.89. The van der Waals surface area contributed by atoms with Gasteiger partial charge in [-0.25, -0.2) is 14.8 Å². The van der Waals surface area contributed by atoms with Crippen molar-refractivity contribution in [1.29, 1.82) is 0 Å². The van der Waals surface area contributed by atoms with Gasteiger partial charge in [-0.3, -0.25) is 9.63 Å². The van der Waals surface area contributed by atoms with E-state index in [2.05, 4.69) is 10.3 Å². The average molecular weight is 383 g/mol. The lowest BCUT2D eigenvalue weighted by atomic mass is 10.1. The van der Waals surface area contributed by atoms with E-state index < -0.39 is 6.09 Å². The summed E-state index contributed by atoms with van der Waals surface area (Å²) in [6.07, 6.45) is 1.26. The summed E-state index contributed by atoms with van der Waals surface area (Å²) in [5, 5.41) is 10.6. The van der Waals surface area contributed by atoms with E-state index in [-0.39, 0.29) is 5.91 Å². The highest BCUT2D eigenvalue weighted by atomic mass is 32.2. The highest BCUT2D eigenvalue weighted by molar-refractivity contribution is 7.98. The molecule has 8 nitrogen and oxygen atoms in total. The van der Waals surface area contributed by atoms with Crippen LogP contribution in [0.5, 0.6) is 0 Å². The van der Waals surface area contributed by atoms with Gasteiger partial charge < -0.3 is 0 Å². The first-order chi connectivity index (χ1) is 13.2. The summed E-state index contributed by atoms with van der Waals surface area (Å²) in [4.78, 5) is 32.1. The van der Waals surface area contributed by atoms with Gasteiger partial charge in [0.15, 0.2) is 0 Å². The molecule has 4 rings (SSSR count). The van der Waals surface area contributed by atoms with Crippen molar-refractivity contribution in [3.8, 4) is 0 Å². The summed E-state index contributed by atoms with van der Waals surface area (Å²) in [5.74, 6) is 0.444. The zero-order chi connectivity index (χ0) is 18.8. The molecule has 0 unspecified atom stereocenters. The lowest BCUT2D eigenvalue weighted by Gasteiger charge is -2.29. The molecule has 0 atom stereocenters. The van der Waals surface area contributed by atoms with Crippen molar-refractivity contribution in [3.63, 3.8) is 0 Å². The molecule has 0 N–H and O–H groups in total. The highest BCUT2D eigenvalue weighted by Gasteiger charge is 2.35. The summed E-state index contributed by atoms with van der Waals surface area (Å²) in [6.45, 7) is 0.670. The van der Waals surface area contributed by atoms with Crippen LogP contribution in [0.25, 0.3) is 11.0 Å². The van der Waals surface area contributed by atoms with Gasteiger partial charge in [-0.05, 0) is 35.2 Å². The first-order valence-electron chi connectivity index (χ1n) is 8.38. The molecule has 138 valence electrons. The number of hydrazine groups is 1. The summed E-state index contributed by atoms with van der Waals surface area (Å²) >= 11 is 1.58. The topological polar surface area (TPSA) is 80.6 Å². The van der Waals surface area contributed by atoms with E-state index in [1.807, 2.05) is 36.6 Å². The smallest absolute Gasteiger partial charge is 0.296 e. The van der Waals surface area contributed by atoms with E-state index in [9.17, 15) is 9.59 Å². The first kappa shape index (κ1) is 17.3. The molecule has 0 aliphatic carbocycles. The molecule has 0 saturated carbocycles. The average Bonchev–Trinajstić information content (AvgIpc) is 3.24. The van der Waals surface area contributed by atoms with Crippen molar-refractivity contribution in [1.82, 2.24) is 25.2 Å². The van der Waals surface area contributed by atoms with Crippen LogP contribution >= 0.6 is 11.8 Å². The number of thioether (sulfide) groups is 1. The van der Waals surface area contributed by atoms with Crippen LogP contribution in [0.15, 0.2) is 48.5 Å². The zero-order valence-electron chi connectivity index (χ0n) is 14.6. The number of fused-ring (bicyclic) bond motifs is 2. The Hall–Kier alpha value is -3.07. The Labute approximate surface area is 159 Å². The molecule has 0 spiro atoms. The van der Waals surface area contributed by atoms with Gasteiger partial charge in [0.1, 0.15) is 11.0 Å². The Morgan fingerprint density at radius 1 is 1.22 bits per heavy atom. The molecule has 2 heterocycles. The van der Waals surface area contributed by atoms with Crippen LogP contribution in [0, 0.1) is 0 Å². The SMILES string of the molecule is CSCCN(C(=O)On1nnc2ccccc21)N1Cc2ccccc2C1=O. The van der Waals surface area contributed by atoms with Crippen molar-refractivity contribution < 1.29 is 14.4 Å². The van der Waals surface area contributed by atoms with Crippen LogP contribution in [-0.4, -0.2) is 55.7 Å². The number of hydrogen-bond donors (Lipinski definition) is 0. The van der Waals surface area contributed by atoms with Gasteiger partial charge in [0, 0.05) is 11.3 Å². The van der Waals surface area contributed by atoms with E-state index in [1.165, 1.54) is 10.0 Å². The van der Waals surface area contributed by atoms with Gasteiger partial charge >= 0.3 is 6.09 Å². The second-order valence-corrected chi connectivity index (χ2v) is 6.93. The molecule has 0 bridgehead atoms. The summed E-state index contributed by atoms with van der Waals surface area (Å²) in [6, 6.07) is 14.5. The summed E-state index contributed by atoms with van der Waals surface area (Å²) < 4.78 is 0.